The third-order valence-electron chi connectivity index (χ3n) is 4.07. The van der Waals surface area contributed by atoms with E-state index in [0.717, 1.165) is 18.5 Å². The van der Waals surface area contributed by atoms with Crippen molar-refractivity contribution in [3.05, 3.63) is 53.9 Å². The van der Waals surface area contributed by atoms with Crippen molar-refractivity contribution in [2.24, 2.45) is 0 Å². The molecular weight excluding hydrogens is 328 g/mol. The summed E-state index contributed by atoms with van der Waals surface area (Å²) in [5.41, 5.74) is 2.41. The van der Waals surface area contributed by atoms with Crippen LogP contribution in [0.25, 0.3) is 0 Å². The summed E-state index contributed by atoms with van der Waals surface area (Å²) in [6.45, 7) is 2.77. The number of unbranched alkanes of at least 4 members (excludes halogenated alkanes) is 1. The van der Waals surface area contributed by atoms with Gasteiger partial charge in [0, 0.05) is 50.8 Å². The fourth-order valence-electron chi connectivity index (χ4n) is 2.44. The van der Waals surface area contributed by atoms with Gasteiger partial charge in [-0.15, -0.1) is 0 Å². The van der Waals surface area contributed by atoms with E-state index in [1.165, 1.54) is 12.3 Å². The molecule has 1 aromatic carbocycles. The van der Waals surface area contributed by atoms with Crippen molar-refractivity contribution in [3.63, 3.8) is 0 Å². The summed E-state index contributed by atoms with van der Waals surface area (Å²) in [7, 11) is 5.68. The maximum absolute atomic E-state index is 12.4. The zero-order chi connectivity index (χ0) is 19.1. The summed E-state index contributed by atoms with van der Waals surface area (Å²) in [5.74, 6) is -0.446. The lowest BCUT2D eigenvalue weighted by molar-refractivity contribution is 0.0793. The van der Waals surface area contributed by atoms with E-state index in [0.29, 0.717) is 17.8 Å². The Hall–Kier alpha value is -2.89. The quantitative estimate of drug-likeness (QED) is 0.829. The molecule has 0 fully saturated rings. The Kier molecular flexibility index (Phi) is 6.72. The van der Waals surface area contributed by atoms with Crippen LogP contribution in [0, 0.1) is 0 Å². The number of hydrogen-bond acceptors (Lipinski definition) is 4. The number of pyridine rings is 1. The van der Waals surface area contributed by atoms with Gasteiger partial charge < -0.3 is 15.1 Å². The maximum Gasteiger partial charge on any atom is 0.274 e. The van der Waals surface area contributed by atoms with Crippen LogP contribution in [0.5, 0.6) is 0 Å². The minimum Gasteiger partial charge on any atom is -0.378 e. The smallest absolute Gasteiger partial charge is 0.274 e. The predicted octanol–water partition coefficient (Wildman–Crippen LogP) is 3.27. The molecule has 0 radical (unpaired) electrons. The summed E-state index contributed by atoms with van der Waals surface area (Å²) >= 11 is 0. The van der Waals surface area contributed by atoms with Crippen molar-refractivity contribution in [1.29, 1.82) is 0 Å². The van der Waals surface area contributed by atoms with Crippen molar-refractivity contribution >= 4 is 23.2 Å². The van der Waals surface area contributed by atoms with Gasteiger partial charge in [0.05, 0.1) is 0 Å². The number of benzene rings is 1. The maximum atomic E-state index is 12.4. The van der Waals surface area contributed by atoms with Crippen molar-refractivity contribution in [3.8, 4) is 0 Å². The molecule has 2 aromatic rings. The summed E-state index contributed by atoms with van der Waals surface area (Å²) in [5, 5.41) is 2.81. The van der Waals surface area contributed by atoms with Gasteiger partial charge >= 0.3 is 0 Å². The molecular formula is C20H26N4O2. The summed E-state index contributed by atoms with van der Waals surface area (Å²) in [6.07, 6.45) is 3.46. The second-order valence-corrected chi connectivity index (χ2v) is 6.41. The molecule has 2 rings (SSSR count). The second-order valence-electron chi connectivity index (χ2n) is 6.41. The highest BCUT2D eigenvalue weighted by molar-refractivity contribution is 6.04. The zero-order valence-corrected chi connectivity index (χ0v) is 15.8. The first-order valence-corrected chi connectivity index (χ1v) is 8.72. The van der Waals surface area contributed by atoms with E-state index < -0.39 is 0 Å². The molecule has 0 bridgehead atoms. The highest BCUT2D eigenvalue weighted by Gasteiger charge is 2.15. The number of nitrogens with zero attached hydrogens (tertiary/aromatic N) is 3. The van der Waals surface area contributed by atoms with E-state index >= 15 is 0 Å². The Morgan fingerprint density at radius 1 is 1.08 bits per heavy atom. The van der Waals surface area contributed by atoms with Gasteiger partial charge in [0.2, 0.25) is 0 Å². The fraction of sp³-hybridized carbons (Fsp3) is 0.350. The minimum absolute atomic E-state index is 0.106. The van der Waals surface area contributed by atoms with Gasteiger partial charge in [-0.2, -0.15) is 0 Å². The molecule has 0 saturated carbocycles. The molecule has 6 nitrogen and oxygen atoms in total. The van der Waals surface area contributed by atoms with Crippen LogP contribution >= 0.6 is 0 Å². The zero-order valence-electron chi connectivity index (χ0n) is 15.8. The topological polar surface area (TPSA) is 65.5 Å². The first-order valence-electron chi connectivity index (χ1n) is 8.72. The van der Waals surface area contributed by atoms with Crippen LogP contribution in [-0.4, -0.2) is 49.4 Å². The number of nitrogens with one attached hydrogen (secondary N) is 1. The first kappa shape index (κ1) is 19.4. The second kappa shape index (κ2) is 8.99. The molecule has 1 N–H and O–H groups in total. The van der Waals surface area contributed by atoms with E-state index in [-0.39, 0.29) is 17.5 Å². The van der Waals surface area contributed by atoms with Gasteiger partial charge in [-0.1, -0.05) is 13.3 Å². The van der Waals surface area contributed by atoms with Crippen molar-refractivity contribution in [1.82, 2.24) is 9.88 Å². The van der Waals surface area contributed by atoms with Crippen LogP contribution < -0.4 is 10.2 Å². The lowest BCUT2D eigenvalue weighted by Crippen LogP contribution is -2.28. The van der Waals surface area contributed by atoms with E-state index in [9.17, 15) is 9.59 Å². The van der Waals surface area contributed by atoms with Crippen molar-refractivity contribution in [2.45, 2.75) is 19.8 Å². The molecule has 0 saturated heterocycles. The van der Waals surface area contributed by atoms with Crippen LogP contribution in [0.1, 0.15) is 40.6 Å². The average Bonchev–Trinajstić information content (AvgIpc) is 2.66. The number of rotatable bonds is 7. The van der Waals surface area contributed by atoms with Crippen LogP contribution in [-0.2, 0) is 0 Å². The van der Waals surface area contributed by atoms with Gasteiger partial charge in [-0.3, -0.25) is 14.6 Å². The SMILES string of the molecule is CCCCN(C)C(=O)c1ccnc(C(=O)Nc2ccc(N(C)C)cc2)c1. The predicted molar refractivity (Wildman–Crippen MR) is 105 cm³/mol. The van der Waals surface area contributed by atoms with Gasteiger partial charge in [-0.25, -0.2) is 0 Å². The summed E-state index contributed by atoms with van der Waals surface area (Å²) in [4.78, 5) is 32.6. The molecule has 138 valence electrons. The molecule has 26 heavy (non-hydrogen) atoms. The molecule has 2 amide bonds. The average molecular weight is 354 g/mol. The summed E-state index contributed by atoms with van der Waals surface area (Å²) in [6, 6.07) is 10.7. The highest BCUT2D eigenvalue weighted by Crippen LogP contribution is 2.16. The molecule has 0 aliphatic rings. The lowest BCUT2D eigenvalue weighted by Gasteiger charge is -2.17. The Labute approximate surface area is 154 Å². The monoisotopic (exact) mass is 354 g/mol. The largest absolute Gasteiger partial charge is 0.378 e. The number of aromatic nitrogens is 1. The molecule has 1 aromatic heterocycles. The third-order valence-corrected chi connectivity index (χ3v) is 4.07. The fourth-order valence-corrected chi connectivity index (χ4v) is 2.44. The van der Waals surface area contributed by atoms with E-state index in [1.807, 2.05) is 43.3 Å². The standard InChI is InChI=1S/C20H26N4O2/c1-5-6-13-24(4)20(26)15-11-12-21-18(14-15)19(25)22-16-7-9-17(10-8-16)23(2)3/h7-12,14H,5-6,13H2,1-4H3,(H,22,25). The Balaban J connectivity index is 2.08. The molecule has 0 aliphatic carbocycles. The lowest BCUT2D eigenvalue weighted by atomic mass is 10.2. The molecule has 1 heterocycles. The van der Waals surface area contributed by atoms with E-state index in [4.69, 9.17) is 0 Å². The minimum atomic E-state index is -0.339. The Bertz CT molecular complexity index is 757. The Morgan fingerprint density at radius 3 is 2.38 bits per heavy atom. The van der Waals surface area contributed by atoms with Crippen LogP contribution in [0.3, 0.4) is 0 Å². The van der Waals surface area contributed by atoms with Gasteiger partial charge in [-0.05, 0) is 42.8 Å². The van der Waals surface area contributed by atoms with Crippen molar-refractivity contribution in [2.75, 3.05) is 37.9 Å². The molecule has 0 atom stereocenters. The third kappa shape index (κ3) is 5.05. The number of carbonyl (C=O) groups excluding carboxylic acids is 2. The number of anilines is 2. The van der Waals surface area contributed by atoms with E-state index in [2.05, 4.69) is 17.2 Å². The number of hydrogen-bond donors (Lipinski definition) is 1. The first-order chi connectivity index (χ1) is 12.4. The molecule has 0 spiro atoms. The van der Waals surface area contributed by atoms with Crippen LogP contribution in [0.15, 0.2) is 42.6 Å². The highest BCUT2D eigenvalue weighted by atomic mass is 16.2. The molecule has 0 unspecified atom stereocenters. The van der Waals surface area contributed by atoms with Gasteiger partial charge in [0.15, 0.2) is 0 Å². The number of carbonyl (C=O) groups is 2. The molecule has 0 aliphatic heterocycles. The molecule has 6 heteroatoms. The number of amides is 2. The van der Waals surface area contributed by atoms with Gasteiger partial charge in [0.25, 0.3) is 11.8 Å². The van der Waals surface area contributed by atoms with E-state index in [1.54, 1.807) is 18.0 Å². The normalized spacial score (nSPS) is 10.3. The Morgan fingerprint density at radius 2 is 1.77 bits per heavy atom. The van der Waals surface area contributed by atoms with Gasteiger partial charge in [0.1, 0.15) is 5.69 Å². The van der Waals surface area contributed by atoms with Crippen molar-refractivity contribution < 1.29 is 9.59 Å². The van der Waals surface area contributed by atoms with Crippen LogP contribution in [0.4, 0.5) is 11.4 Å². The van der Waals surface area contributed by atoms with Crippen LogP contribution in [0.2, 0.25) is 0 Å². The summed E-state index contributed by atoms with van der Waals surface area (Å²) < 4.78 is 0.